The molecule has 2 rings (SSSR count). The summed E-state index contributed by atoms with van der Waals surface area (Å²) in [5, 5.41) is 11.7. The standard InChI is InChI=1S/C11H11N3O5S/c1-6-2-4-7(5-3-6)8-9(11(15)16)14(12)13-10(8)20(17,18)19/h2-5H,12H2,1H3,(H,15,16)(H,17,18,19). The van der Waals surface area contributed by atoms with Crippen LogP contribution in [0.5, 0.6) is 0 Å². The molecule has 8 nitrogen and oxygen atoms in total. The fraction of sp³-hybridized carbons (Fsp3) is 0.0909. The molecule has 0 amide bonds. The first kappa shape index (κ1) is 14.0. The minimum Gasteiger partial charge on any atom is -0.476 e. The topological polar surface area (TPSA) is 136 Å². The van der Waals surface area contributed by atoms with Crippen LogP contribution in [0.3, 0.4) is 0 Å². The summed E-state index contributed by atoms with van der Waals surface area (Å²) in [5.74, 6) is 3.90. The highest BCUT2D eigenvalue weighted by molar-refractivity contribution is 7.85. The van der Waals surface area contributed by atoms with E-state index < -0.39 is 26.8 Å². The first-order valence-corrected chi connectivity index (χ1v) is 6.81. The van der Waals surface area contributed by atoms with Gasteiger partial charge in [0.1, 0.15) is 0 Å². The highest BCUT2D eigenvalue weighted by atomic mass is 32.2. The summed E-state index contributed by atoms with van der Waals surface area (Å²) < 4.78 is 31.8. The molecule has 1 aromatic carbocycles. The summed E-state index contributed by atoms with van der Waals surface area (Å²) in [6.45, 7) is 1.82. The van der Waals surface area contributed by atoms with E-state index in [0.717, 1.165) is 5.56 Å². The highest BCUT2D eigenvalue weighted by Crippen LogP contribution is 2.30. The number of benzene rings is 1. The van der Waals surface area contributed by atoms with Crippen LogP contribution in [0.1, 0.15) is 16.1 Å². The fourth-order valence-corrected chi connectivity index (χ4v) is 2.44. The lowest BCUT2D eigenvalue weighted by atomic mass is 10.0. The lowest BCUT2D eigenvalue weighted by Gasteiger charge is -2.03. The predicted molar refractivity (Wildman–Crippen MR) is 69.3 cm³/mol. The van der Waals surface area contributed by atoms with Crippen molar-refractivity contribution < 1.29 is 22.9 Å². The van der Waals surface area contributed by atoms with Crippen molar-refractivity contribution >= 4 is 16.1 Å². The van der Waals surface area contributed by atoms with Crippen LogP contribution < -0.4 is 5.84 Å². The summed E-state index contributed by atoms with van der Waals surface area (Å²) in [7, 11) is -4.70. The smallest absolute Gasteiger partial charge is 0.357 e. The molecular weight excluding hydrogens is 286 g/mol. The molecule has 4 N–H and O–H groups in total. The molecule has 1 heterocycles. The lowest BCUT2D eigenvalue weighted by Crippen LogP contribution is -2.18. The number of carboxylic acids is 1. The Kier molecular flexibility index (Phi) is 3.24. The van der Waals surface area contributed by atoms with E-state index in [2.05, 4.69) is 5.10 Å². The predicted octanol–water partition coefficient (Wildman–Crippen LogP) is 0.517. The SMILES string of the molecule is Cc1ccc(-c2c(S(=O)(=O)O)nn(N)c2C(=O)O)cc1. The summed E-state index contributed by atoms with van der Waals surface area (Å²) in [4.78, 5) is 11.6. The monoisotopic (exact) mass is 297 g/mol. The van der Waals surface area contributed by atoms with Crippen molar-refractivity contribution in [2.24, 2.45) is 0 Å². The summed E-state index contributed by atoms with van der Waals surface area (Å²) in [5.41, 5.74) is 0.403. The van der Waals surface area contributed by atoms with E-state index in [1.54, 1.807) is 12.1 Å². The van der Waals surface area contributed by atoms with Crippen LogP contribution in [0.25, 0.3) is 11.1 Å². The molecule has 9 heteroatoms. The number of aromatic carboxylic acids is 1. The zero-order valence-electron chi connectivity index (χ0n) is 10.3. The fourth-order valence-electron chi connectivity index (χ4n) is 1.78. The summed E-state index contributed by atoms with van der Waals surface area (Å²) in [6, 6.07) is 6.38. The molecule has 0 spiro atoms. The van der Waals surface area contributed by atoms with Crippen LogP contribution >= 0.6 is 0 Å². The van der Waals surface area contributed by atoms with Crippen LogP contribution in [0.4, 0.5) is 0 Å². The molecule has 0 fully saturated rings. The van der Waals surface area contributed by atoms with Gasteiger partial charge in [0.15, 0.2) is 5.69 Å². The van der Waals surface area contributed by atoms with Gasteiger partial charge >= 0.3 is 16.1 Å². The Morgan fingerprint density at radius 2 is 1.85 bits per heavy atom. The van der Waals surface area contributed by atoms with Crippen LogP contribution in [-0.4, -0.2) is 33.9 Å². The van der Waals surface area contributed by atoms with Crippen LogP contribution in [-0.2, 0) is 10.1 Å². The number of hydrogen-bond acceptors (Lipinski definition) is 5. The van der Waals surface area contributed by atoms with E-state index in [4.69, 9.17) is 15.5 Å². The molecule has 0 aliphatic rings. The minimum atomic E-state index is -4.70. The third kappa shape index (κ3) is 2.36. The van der Waals surface area contributed by atoms with Gasteiger partial charge in [-0.3, -0.25) is 4.55 Å². The van der Waals surface area contributed by atoms with Gasteiger partial charge in [-0.05, 0) is 12.5 Å². The summed E-state index contributed by atoms with van der Waals surface area (Å²) in [6.07, 6.45) is 0. The lowest BCUT2D eigenvalue weighted by molar-refractivity contribution is 0.0687. The maximum Gasteiger partial charge on any atom is 0.357 e. The van der Waals surface area contributed by atoms with Crippen molar-refractivity contribution in [3.8, 4) is 11.1 Å². The average molecular weight is 297 g/mol. The maximum atomic E-state index is 11.3. The van der Waals surface area contributed by atoms with E-state index in [1.165, 1.54) is 12.1 Å². The Labute approximate surface area is 114 Å². The zero-order chi connectivity index (χ0) is 15.1. The number of carbonyl (C=O) groups is 1. The van der Waals surface area contributed by atoms with Crippen molar-refractivity contribution in [1.82, 2.24) is 9.89 Å². The Bertz CT molecular complexity index is 777. The van der Waals surface area contributed by atoms with Crippen molar-refractivity contribution in [2.75, 3.05) is 5.84 Å². The van der Waals surface area contributed by atoms with Gasteiger partial charge in [-0.15, -0.1) is 5.10 Å². The molecule has 0 aliphatic heterocycles. The quantitative estimate of drug-likeness (QED) is 0.555. The second kappa shape index (κ2) is 4.62. The molecule has 0 saturated carbocycles. The number of rotatable bonds is 3. The van der Waals surface area contributed by atoms with Gasteiger partial charge in [0.2, 0.25) is 5.03 Å². The Morgan fingerprint density at radius 3 is 2.30 bits per heavy atom. The Hall–Kier alpha value is -2.39. The number of carboxylic acid groups (broad SMARTS) is 1. The largest absolute Gasteiger partial charge is 0.476 e. The van der Waals surface area contributed by atoms with Gasteiger partial charge in [-0.1, -0.05) is 29.8 Å². The molecule has 20 heavy (non-hydrogen) atoms. The van der Waals surface area contributed by atoms with Gasteiger partial charge in [0.05, 0.1) is 5.56 Å². The normalized spacial score (nSPS) is 11.5. The molecule has 0 aliphatic carbocycles. The first-order chi connectivity index (χ1) is 9.21. The first-order valence-electron chi connectivity index (χ1n) is 5.37. The second-order valence-electron chi connectivity index (χ2n) is 4.12. The third-order valence-electron chi connectivity index (χ3n) is 2.67. The molecule has 0 saturated heterocycles. The van der Waals surface area contributed by atoms with E-state index >= 15 is 0 Å². The second-order valence-corrected chi connectivity index (χ2v) is 5.46. The molecule has 1 aromatic heterocycles. The number of aromatic nitrogens is 2. The van der Waals surface area contributed by atoms with Crippen LogP contribution in [0, 0.1) is 6.92 Å². The number of nitrogen functional groups attached to an aromatic ring is 1. The maximum absolute atomic E-state index is 11.3. The number of nitrogens with two attached hydrogens (primary N) is 1. The van der Waals surface area contributed by atoms with Crippen molar-refractivity contribution in [3.05, 3.63) is 35.5 Å². The van der Waals surface area contributed by atoms with Crippen molar-refractivity contribution in [3.63, 3.8) is 0 Å². The summed E-state index contributed by atoms with van der Waals surface area (Å²) >= 11 is 0. The van der Waals surface area contributed by atoms with Gasteiger partial charge < -0.3 is 10.9 Å². The molecule has 0 atom stereocenters. The number of aryl methyl sites for hydroxylation is 1. The van der Waals surface area contributed by atoms with E-state index in [9.17, 15) is 13.2 Å². The third-order valence-corrected chi connectivity index (χ3v) is 3.44. The Morgan fingerprint density at radius 1 is 1.30 bits per heavy atom. The molecule has 0 unspecified atom stereocenters. The van der Waals surface area contributed by atoms with E-state index in [-0.39, 0.29) is 11.1 Å². The molecule has 0 bridgehead atoms. The van der Waals surface area contributed by atoms with Gasteiger partial charge in [0.25, 0.3) is 0 Å². The van der Waals surface area contributed by atoms with E-state index in [1.807, 2.05) is 6.92 Å². The zero-order valence-corrected chi connectivity index (χ0v) is 11.1. The molecule has 0 radical (unpaired) electrons. The van der Waals surface area contributed by atoms with E-state index in [0.29, 0.717) is 4.79 Å². The van der Waals surface area contributed by atoms with Gasteiger partial charge in [-0.25, -0.2) is 4.79 Å². The molecule has 106 valence electrons. The van der Waals surface area contributed by atoms with Crippen molar-refractivity contribution in [2.45, 2.75) is 11.9 Å². The van der Waals surface area contributed by atoms with Gasteiger partial charge in [-0.2, -0.15) is 13.2 Å². The highest BCUT2D eigenvalue weighted by Gasteiger charge is 2.30. The average Bonchev–Trinajstić information content (AvgIpc) is 2.67. The Balaban J connectivity index is 2.84. The molecular formula is C11H11N3O5S. The minimum absolute atomic E-state index is 0.248. The van der Waals surface area contributed by atoms with Crippen LogP contribution in [0.2, 0.25) is 0 Å². The molecule has 2 aromatic rings. The number of nitrogens with zero attached hydrogens (tertiary/aromatic N) is 2. The number of hydrogen-bond donors (Lipinski definition) is 3. The van der Waals surface area contributed by atoms with Crippen LogP contribution in [0.15, 0.2) is 29.3 Å². The van der Waals surface area contributed by atoms with Gasteiger partial charge in [0, 0.05) is 0 Å². The van der Waals surface area contributed by atoms with Crippen molar-refractivity contribution in [1.29, 1.82) is 0 Å².